The number of fused-ring (bicyclic) bond motifs is 1. The second-order valence-electron chi connectivity index (χ2n) is 10.2. The van der Waals surface area contributed by atoms with E-state index in [1.807, 2.05) is 36.4 Å². The number of carbonyl (C=O) groups is 3. The Morgan fingerprint density at radius 2 is 1.48 bits per heavy atom. The zero-order valence-electron chi connectivity index (χ0n) is 25.7. The van der Waals surface area contributed by atoms with Crippen molar-refractivity contribution in [2.75, 3.05) is 39.8 Å². The molecule has 0 fully saturated rings. The summed E-state index contributed by atoms with van der Waals surface area (Å²) in [5.41, 5.74) is 3.68. The Balaban J connectivity index is 1.25. The van der Waals surface area contributed by atoms with Crippen LogP contribution < -0.4 is 24.8 Å². The molecule has 1 heterocycles. The molecule has 5 rings (SSSR count). The van der Waals surface area contributed by atoms with Crippen LogP contribution in [0.15, 0.2) is 97.1 Å². The quantitative estimate of drug-likeness (QED) is 0.171. The van der Waals surface area contributed by atoms with Crippen LogP contribution in [0.5, 0.6) is 17.2 Å². The molecule has 0 atom stereocenters. The van der Waals surface area contributed by atoms with E-state index in [-0.39, 0.29) is 17.0 Å². The number of nitrogens with zero attached hydrogens (tertiary/aromatic N) is 1. The monoisotopic (exact) mass is 619 g/mol. The highest BCUT2D eigenvalue weighted by atomic mass is 16.5. The molecule has 0 saturated heterocycles. The predicted molar refractivity (Wildman–Crippen MR) is 175 cm³/mol. The Labute approximate surface area is 266 Å². The summed E-state index contributed by atoms with van der Waals surface area (Å²) >= 11 is 0. The fraction of sp³-hybridized carbons (Fsp3) is 0.167. The predicted octanol–water partition coefficient (Wildman–Crippen LogP) is 5.70. The van der Waals surface area contributed by atoms with Crippen molar-refractivity contribution in [1.29, 1.82) is 0 Å². The van der Waals surface area contributed by atoms with Gasteiger partial charge in [-0.05, 0) is 66.6 Å². The van der Waals surface area contributed by atoms with Gasteiger partial charge < -0.3 is 29.6 Å². The maximum Gasteiger partial charge on any atom is 0.339 e. The first-order valence-corrected chi connectivity index (χ1v) is 14.5. The molecule has 0 radical (unpaired) electrons. The van der Waals surface area contributed by atoms with Gasteiger partial charge in [-0.3, -0.25) is 9.59 Å². The lowest BCUT2D eigenvalue weighted by Crippen LogP contribution is -2.28. The molecule has 0 aliphatic carbocycles. The van der Waals surface area contributed by atoms with Gasteiger partial charge in [-0.1, -0.05) is 42.5 Å². The summed E-state index contributed by atoms with van der Waals surface area (Å²) in [7, 11) is 4.70. The number of benzene rings is 4. The second kappa shape index (κ2) is 14.7. The average molecular weight is 620 g/mol. The molecule has 2 N–H and O–H groups in total. The molecule has 4 aromatic carbocycles. The summed E-state index contributed by atoms with van der Waals surface area (Å²) in [6, 6.07) is 28.4. The van der Waals surface area contributed by atoms with E-state index in [2.05, 4.69) is 10.6 Å². The standard InChI is InChI=1S/C36H33N3O7/c1-43-25-15-12-23(13-16-25)18-19-37-35(41)27-9-5-7-11-30(27)39-34(40)22-46-36(42)28-21-31(38-29-10-6-4-8-26(28)29)24-14-17-32(44-2)33(20-24)45-3/h4-17,20-21H,18-19,22H2,1-3H3,(H,37,41)(H,39,40). The number of esters is 1. The number of hydrogen-bond acceptors (Lipinski definition) is 8. The largest absolute Gasteiger partial charge is 0.497 e. The fourth-order valence-electron chi connectivity index (χ4n) is 4.88. The minimum absolute atomic E-state index is 0.250. The van der Waals surface area contributed by atoms with Crippen molar-refractivity contribution in [1.82, 2.24) is 10.3 Å². The van der Waals surface area contributed by atoms with E-state index in [0.29, 0.717) is 52.3 Å². The molecule has 46 heavy (non-hydrogen) atoms. The number of nitrogens with one attached hydrogen (secondary N) is 2. The van der Waals surface area contributed by atoms with E-state index in [0.717, 1.165) is 11.3 Å². The number of rotatable bonds is 12. The lowest BCUT2D eigenvalue weighted by molar-refractivity contribution is -0.119. The Hall–Kier alpha value is -5.90. The van der Waals surface area contributed by atoms with E-state index in [1.54, 1.807) is 74.9 Å². The van der Waals surface area contributed by atoms with Crippen LogP contribution in [0.2, 0.25) is 0 Å². The van der Waals surface area contributed by atoms with Crippen LogP contribution in [0.25, 0.3) is 22.2 Å². The Morgan fingerprint density at radius 1 is 0.739 bits per heavy atom. The lowest BCUT2D eigenvalue weighted by Gasteiger charge is -2.13. The van der Waals surface area contributed by atoms with Crippen molar-refractivity contribution in [2.24, 2.45) is 0 Å². The van der Waals surface area contributed by atoms with Gasteiger partial charge in [0.25, 0.3) is 11.8 Å². The van der Waals surface area contributed by atoms with Crippen molar-refractivity contribution in [3.8, 4) is 28.5 Å². The minimum Gasteiger partial charge on any atom is -0.497 e. The van der Waals surface area contributed by atoms with Crippen LogP contribution in [-0.2, 0) is 16.0 Å². The molecule has 5 aromatic rings. The summed E-state index contributed by atoms with van der Waals surface area (Å²) in [6.07, 6.45) is 0.623. The third-order valence-electron chi connectivity index (χ3n) is 7.25. The second-order valence-corrected chi connectivity index (χ2v) is 10.2. The van der Waals surface area contributed by atoms with Crippen molar-refractivity contribution in [3.63, 3.8) is 0 Å². The lowest BCUT2D eigenvalue weighted by atomic mass is 10.0. The van der Waals surface area contributed by atoms with Gasteiger partial charge in [0, 0.05) is 17.5 Å². The van der Waals surface area contributed by atoms with Crippen molar-refractivity contribution in [2.45, 2.75) is 6.42 Å². The average Bonchev–Trinajstić information content (AvgIpc) is 3.10. The van der Waals surface area contributed by atoms with E-state index in [9.17, 15) is 14.4 Å². The van der Waals surface area contributed by atoms with E-state index in [1.165, 1.54) is 7.11 Å². The highest BCUT2D eigenvalue weighted by Gasteiger charge is 2.19. The van der Waals surface area contributed by atoms with Gasteiger partial charge in [0.1, 0.15) is 5.75 Å². The summed E-state index contributed by atoms with van der Waals surface area (Å²) < 4.78 is 21.4. The van der Waals surface area contributed by atoms with E-state index >= 15 is 0 Å². The molecule has 10 nitrogen and oxygen atoms in total. The highest BCUT2D eigenvalue weighted by molar-refractivity contribution is 6.07. The number of anilines is 1. The maximum absolute atomic E-state index is 13.3. The van der Waals surface area contributed by atoms with E-state index in [4.69, 9.17) is 23.9 Å². The molecular weight excluding hydrogens is 586 g/mol. The van der Waals surface area contributed by atoms with Crippen molar-refractivity contribution in [3.05, 3.63) is 114 Å². The molecule has 1 aromatic heterocycles. The van der Waals surface area contributed by atoms with Crippen LogP contribution >= 0.6 is 0 Å². The van der Waals surface area contributed by atoms with Gasteiger partial charge in [0.05, 0.1) is 49.4 Å². The van der Waals surface area contributed by atoms with Crippen LogP contribution in [-0.4, -0.2) is 57.2 Å². The molecule has 2 amide bonds. The molecular formula is C36H33N3O7. The molecule has 0 aliphatic heterocycles. The Bertz CT molecular complexity index is 1870. The Morgan fingerprint density at radius 3 is 2.24 bits per heavy atom. The number of amides is 2. The summed E-state index contributed by atoms with van der Waals surface area (Å²) in [4.78, 5) is 43.9. The molecule has 0 aliphatic rings. The SMILES string of the molecule is COc1ccc(CCNC(=O)c2ccccc2NC(=O)COC(=O)c2cc(-c3ccc(OC)c(OC)c3)nc3ccccc23)cc1. The van der Waals surface area contributed by atoms with Gasteiger partial charge >= 0.3 is 5.97 Å². The first kappa shape index (κ1) is 31.5. The number of para-hydroxylation sites is 2. The molecule has 0 saturated carbocycles. The van der Waals surface area contributed by atoms with Crippen LogP contribution in [0.3, 0.4) is 0 Å². The molecule has 234 valence electrons. The summed E-state index contributed by atoms with van der Waals surface area (Å²) in [5.74, 6) is 0.210. The number of carbonyl (C=O) groups excluding carboxylic acids is 3. The maximum atomic E-state index is 13.3. The number of pyridine rings is 1. The smallest absolute Gasteiger partial charge is 0.339 e. The normalized spacial score (nSPS) is 10.6. The van der Waals surface area contributed by atoms with E-state index < -0.39 is 18.5 Å². The third kappa shape index (κ3) is 7.41. The molecule has 0 bridgehead atoms. The van der Waals surface area contributed by atoms with Gasteiger partial charge in [-0.25, -0.2) is 9.78 Å². The number of aromatic nitrogens is 1. The fourth-order valence-corrected chi connectivity index (χ4v) is 4.88. The van der Waals surface area contributed by atoms with Gasteiger partial charge in [-0.15, -0.1) is 0 Å². The van der Waals surface area contributed by atoms with Gasteiger partial charge in [0.2, 0.25) is 0 Å². The third-order valence-corrected chi connectivity index (χ3v) is 7.25. The van der Waals surface area contributed by atoms with Gasteiger partial charge in [0.15, 0.2) is 18.1 Å². The van der Waals surface area contributed by atoms with Gasteiger partial charge in [-0.2, -0.15) is 0 Å². The summed E-state index contributed by atoms with van der Waals surface area (Å²) in [5, 5.41) is 6.15. The van der Waals surface area contributed by atoms with Crippen LogP contribution in [0, 0.1) is 0 Å². The number of ether oxygens (including phenoxy) is 4. The minimum atomic E-state index is -0.694. The first-order valence-electron chi connectivity index (χ1n) is 14.5. The topological polar surface area (TPSA) is 125 Å². The van der Waals surface area contributed by atoms with Crippen LogP contribution in [0.4, 0.5) is 5.69 Å². The van der Waals surface area contributed by atoms with Crippen molar-refractivity contribution < 1.29 is 33.3 Å². The highest BCUT2D eigenvalue weighted by Crippen LogP contribution is 2.33. The first-order chi connectivity index (χ1) is 22.4. The number of methoxy groups -OCH3 is 3. The zero-order chi connectivity index (χ0) is 32.5. The zero-order valence-corrected chi connectivity index (χ0v) is 25.7. The van der Waals surface area contributed by atoms with Crippen LogP contribution in [0.1, 0.15) is 26.3 Å². The Kier molecular flexibility index (Phi) is 10.1. The van der Waals surface area contributed by atoms with Crippen molar-refractivity contribution >= 4 is 34.4 Å². The molecule has 0 spiro atoms. The molecule has 10 heteroatoms. The molecule has 0 unspecified atom stereocenters. The summed E-state index contributed by atoms with van der Waals surface area (Å²) in [6.45, 7) is -0.162. The number of hydrogen-bond donors (Lipinski definition) is 2.